The highest BCUT2D eigenvalue weighted by Gasteiger charge is 2.42. The minimum Gasteiger partial charge on any atom is -0.381 e. The fourth-order valence-electron chi connectivity index (χ4n) is 3.37. The number of ether oxygens (including phenoxy) is 1. The molecule has 0 amide bonds. The van der Waals surface area contributed by atoms with Crippen molar-refractivity contribution >= 4 is 39.8 Å². The molecule has 1 aliphatic heterocycles. The summed E-state index contributed by atoms with van der Waals surface area (Å²) < 4.78 is 34.6. The van der Waals surface area contributed by atoms with Crippen LogP contribution in [0.1, 0.15) is 56.9 Å². The number of nitrogens with zero attached hydrogens (tertiary/aromatic N) is 2. The SMILES string of the molecule is CCC(CC)c1cc(CNC(=NC)NCC2(S(C)(=O)=O)CCOCC2)on1.I. The summed E-state index contributed by atoms with van der Waals surface area (Å²) in [6, 6.07) is 1.97. The highest BCUT2D eigenvalue weighted by molar-refractivity contribution is 14.0. The largest absolute Gasteiger partial charge is 0.381 e. The Morgan fingerprint density at radius 1 is 1.29 bits per heavy atom. The highest BCUT2D eigenvalue weighted by Crippen LogP contribution is 2.28. The zero-order valence-electron chi connectivity index (χ0n) is 17.2. The molecular formula is C18H33IN4O4S. The molecule has 0 spiro atoms. The summed E-state index contributed by atoms with van der Waals surface area (Å²) in [7, 11) is -1.57. The lowest BCUT2D eigenvalue weighted by Gasteiger charge is -2.35. The van der Waals surface area contributed by atoms with E-state index in [1.807, 2.05) is 6.07 Å². The van der Waals surface area contributed by atoms with E-state index in [1.165, 1.54) is 6.26 Å². The monoisotopic (exact) mass is 528 g/mol. The number of aromatic nitrogens is 1. The first-order chi connectivity index (χ1) is 12.8. The Morgan fingerprint density at radius 2 is 1.93 bits per heavy atom. The van der Waals surface area contributed by atoms with Gasteiger partial charge in [0.1, 0.15) is 0 Å². The Labute approximate surface area is 185 Å². The van der Waals surface area contributed by atoms with Crippen LogP contribution in [0.4, 0.5) is 0 Å². The van der Waals surface area contributed by atoms with Crippen LogP contribution in [-0.4, -0.2) is 57.3 Å². The second-order valence-electron chi connectivity index (χ2n) is 7.08. The van der Waals surface area contributed by atoms with Gasteiger partial charge in [0.2, 0.25) is 0 Å². The van der Waals surface area contributed by atoms with Gasteiger partial charge in [-0.25, -0.2) is 8.42 Å². The first-order valence-corrected chi connectivity index (χ1v) is 11.4. The molecule has 0 bridgehead atoms. The van der Waals surface area contributed by atoms with Gasteiger partial charge in [0, 0.05) is 45.0 Å². The molecule has 2 N–H and O–H groups in total. The van der Waals surface area contributed by atoms with Crippen LogP contribution >= 0.6 is 24.0 Å². The summed E-state index contributed by atoms with van der Waals surface area (Å²) in [5.74, 6) is 1.66. The van der Waals surface area contributed by atoms with E-state index in [0.717, 1.165) is 24.3 Å². The molecule has 1 aromatic rings. The third kappa shape index (κ3) is 6.31. The molecule has 0 saturated carbocycles. The first kappa shape index (κ1) is 25.2. The van der Waals surface area contributed by atoms with Crippen molar-refractivity contribution in [1.82, 2.24) is 15.8 Å². The molecule has 1 saturated heterocycles. The standard InChI is InChI=1S/C18H32N4O4S.HI/c1-5-14(6-2)16-11-15(26-22-16)12-20-17(19-3)21-13-18(27(4,23)24)7-9-25-10-8-18;/h11,14H,5-10,12-13H2,1-4H3,(H2,19,20,21);1H. The van der Waals surface area contributed by atoms with Crippen LogP contribution in [0.25, 0.3) is 0 Å². The summed E-state index contributed by atoms with van der Waals surface area (Å²) in [5, 5.41) is 10.5. The van der Waals surface area contributed by atoms with Crippen LogP contribution in [-0.2, 0) is 21.1 Å². The summed E-state index contributed by atoms with van der Waals surface area (Å²) in [6.45, 7) is 5.92. The number of sulfone groups is 1. The van der Waals surface area contributed by atoms with Gasteiger partial charge in [0.05, 0.1) is 17.0 Å². The number of guanidine groups is 1. The highest BCUT2D eigenvalue weighted by atomic mass is 127. The molecule has 2 heterocycles. The molecule has 28 heavy (non-hydrogen) atoms. The van der Waals surface area contributed by atoms with Crippen molar-refractivity contribution in [2.24, 2.45) is 4.99 Å². The predicted octanol–water partition coefficient (Wildman–Crippen LogP) is 2.46. The van der Waals surface area contributed by atoms with Gasteiger partial charge in [-0.3, -0.25) is 4.99 Å². The van der Waals surface area contributed by atoms with E-state index in [4.69, 9.17) is 9.26 Å². The lowest BCUT2D eigenvalue weighted by Crippen LogP contribution is -2.53. The Bertz CT molecular complexity index is 726. The summed E-state index contributed by atoms with van der Waals surface area (Å²) in [6.07, 6.45) is 4.31. The maximum absolute atomic E-state index is 12.3. The molecule has 2 rings (SSSR count). The van der Waals surface area contributed by atoms with Gasteiger partial charge in [0.25, 0.3) is 0 Å². The fourth-order valence-corrected chi connectivity index (χ4v) is 4.61. The van der Waals surface area contributed by atoms with Gasteiger partial charge in [-0.15, -0.1) is 24.0 Å². The number of nitrogens with one attached hydrogen (secondary N) is 2. The molecule has 8 nitrogen and oxygen atoms in total. The smallest absolute Gasteiger partial charge is 0.191 e. The molecule has 1 aliphatic rings. The van der Waals surface area contributed by atoms with Crippen molar-refractivity contribution < 1.29 is 17.7 Å². The quantitative estimate of drug-likeness (QED) is 0.303. The summed E-state index contributed by atoms with van der Waals surface area (Å²) in [4.78, 5) is 4.18. The molecular weight excluding hydrogens is 495 g/mol. The third-order valence-electron chi connectivity index (χ3n) is 5.40. The molecule has 0 unspecified atom stereocenters. The van der Waals surface area contributed by atoms with E-state index in [1.54, 1.807) is 7.05 Å². The molecule has 1 fully saturated rings. The average Bonchev–Trinajstić information content (AvgIpc) is 3.11. The van der Waals surface area contributed by atoms with E-state index >= 15 is 0 Å². The minimum absolute atomic E-state index is 0. The van der Waals surface area contributed by atoms with Gasteiger partial charge >= 0.3 is 0 Å². The van der Waals surface area contributed by atoms with Crippen LogP contribution in [0.2, 0.25) is 0 Å². The maximum Gasteiger partial charge on any atom is 0.191 e. The Balaban J connectivity index is 0.00000392. The van der Waals surface area contributed by atoms with E-state index in [9.17, 15) is 8.42 Å². The summed E-state index contributed by atoms with van der Waals surface area (Å²) in [5.41, 5.74) is 0.970. The number of hydrogen-bond donors (Lipinski definition) is 2. The van der Waals surface area contributed by atoms with E-state index in [0.29, 0.717) is 51.0 Å². The van der Waals surface area contributed by atoms with Crippen LogP contribution in [0, 0.1) is 0 Å². The average molecular weight is 528 g/mol. The second kappa shape index (κ2) is 11.3. The van der Waals surface area contributed by atoms with Crippen molar-refractivity contribution in [2.75, 3.05) is 33.1 Å². The molecule has 0 radical (unpaired) electrons. The molecule has 0 atom stereocenters. The lowest BCUT2D eigenvalue weighted by atomic mass is 9.99. The van der Waals surface area contributed by atoms with Crippen molar-refractivity contribution in [2.45, 2.75) is 56.7 Å². The number of rotatable bonds is 8. The minimum atomic E-state index is -3.22. The Morgan fingerprint density at radius 3 is 2.46 bits per heavy atom. The van der Waals surface area contributed by atoms with Crippen molar-refractivity contribution in [3.8, 4) is 0 Å². The van der Waals surface area contributed by atoms with Gasteiger partial charge in [-0.05, 0) is 25.7 Å². The molecule has 0 aromatic carbocycles. The topological polar surface area (TPSA) is 106 Å². The molecule has 10 heteroatoms. The van der Waals surface area contributed by atoms with E-state index in [2.05, 4.69) is 34.6 Å². The molecule has 0 aliphatic carbocycles. The van der Waals surface area contributed by atoms with Crippen molar-refractivity contribution in [1.29, 1.82) is 0 Å². The lowest BCUT2D eigenvalue weighted by molar-refractivity contribution is 0.0756. The van der Waals surface area contributed by atoms with Gasteiger partial charge in [-0.2, -0.15) is 0 Å². The zero-order valence-corrected chi connectivity index (χ0v) is 20.3. The third-order valence-corrected chi connectivity index (χ3v) is 7.53. The Hall–Kier alpha value is -0.880. The molecule has 162 valence electrons. The van der Waals surface area contributed by atoms with Crippen LogP contribution < -0.4 is 10.6 Å². The van der Waals surface area contributed by atoms with Crippen LogP contribution in [0.3, 0.4) is 0 Å². The maximum atomic E-state index is 12.3. The second-order valence-corrected chi connectivity index (χ2v) is 9.49. The number of aliphatic imine (C=N–C) groups is 1. The van der Waals surface area contributed by atoms with Gasteiger partial charge < -0.3 is 19.9 Å². The number of hydrogen-bond acceptors (Lipinski definition) is 6. The normalized spacial score (nSPS) is 17.2. The predicted molar refractivity (Wildman–Crippen MR) is 121 cm³/mol. The van der Waals surface area contributed by atoms with Crippen molar-refractivity contribution in [3.63, 3.8) is 0 Å². The van der Waals surface area contributed by atoms with Crippen LogP contribution in [0.15, 0.2) is 15.6 Å². The van der Waals surface area contributed by atoms with E-state index in [-0.39, 0.29) is 24.0 Å². The fraction of sp³-hybridized carbons (Fsp3) is 0.778. The zero-order chi connectivity index (χ0) is 19.9. The Kier molecular flexibility index (Phi) is 10.2. The first-order valence-electron chi connectivity index (χ1n) is 9.52. The van der Waals surface area contributed by atoms with Gasteiger partial charge in [0.15, 0.2) is 21.6 Å². The summed E-state index contributed by atoms with van der Waals surface area (Å²) >= 11 is 0. The molecule has 1 aromatic heterocycles. The number of halogens is 1. The van der Waals surface area contributed by atoms with E-state index < -0.39 is 14.6 Å². The van der Waals surface area contributed by atoms with Crippen LogP contribution in [0.5, 0.6) is 0 Å². The van der Waals surface area contributed by atoms with Crippen molar-refractivity contribution in [3.05, 3.63) is 17.5 Å². The van der Waals surface area contributed by atoms with Gasteiger partial charge in [-0.1, -0.05) is 19.0 Å².